The predicted molar refractivity (Wildman–Crippen MR) is 292 cm³/mol. The van der Waals surface area contributed by atoms with E-state index in [1.165, 1.54) is 12.0 Å². The highest BCUT2D eigenvalue weighted by Gasteiger charge is 2.53. The van der Waals surface area contributed by atoms with Gasteiger partial charge in [0.2, 0.25) is 5.79 Å². The highest BCUT2D eigenvalue weighted by Crippen LogP contribution is 2.39. The number of nitrogens with zero attached hydrogens (tertiary/aromatic N) is 1. The van der Waals surface area contributed by atoms with Gasteiger partial charge in [-0.15, -0.1) is 0 Å². The summed E-state index contributed by atoms with van der Waals surface area (Å²) < 4.78 is 42.8. The van der Waals surface area contributed by atoms with Gasteiger partial charge in [-0.05, 0) is 125 Å². The number of rotatable bonds is 11. The topological polar surface area (TPSA) is 194 Å². The van der Waals surface area contributed by atoms with Gasteiger partial charge in [0.05, 0.1) is 37.6 Å². The van der Waals surface area contributed by atoms with Crippen LogP contribution in [0.15, 0.2) is 47.6 Å². The Kier molecular flexibility index (Phi) is 25.0. The van der Waals surface area contributed by atoms with Crippen LogP contribution >= 0.6 is 0 Å². The van der Waals surface area contributed by atoms with Gasteiger partial charge >= 0.3 is 5.97 Å². The van der Waals surface area contributed by atoms with Crippen molar-refractivity contribution < 1.29 is 67.0 Å². The molecule has 3 fully saturated rings. The maximum absolute atomic E-state index is 14.6. The van der Waals surface area contributed by atoms with E-state index in [0.29, 0.717) is 70.2 Å². The molecule has 3 aliphatic heterocycles. The molecule has 2 N–H and O–H groups in total. The number of Topliss-reactive ketones (excluding diaryl/α,β-unsaturated/α-hetero) is 3. The van der Waals surface area contributed by atoms with E-state index in [0.717, 1.165) is 18.4 Å². The molecule has 1 amide bonds. The number of aliphatic hydroxyl groups excluding tert-OH is 1. The molecule has 15 nitrogen and oxygen atoms in total. The third kappa shape index (κ3) is 17.7. The minimum atomic E-state index is -2.43. The number of allylic oxidation sites excluding steroid dienone is 6. The number of fused-ring (bicyclic) bond motifs is 3. The average Bonchev–Trinajstić information content (AvgIpc) is 3.36. The Morgan fingerprint density at radius 1 is 0.840 bits per heavy atom. The number of ether oxygens (including phenoxy) is 6. The number of ketones is 3. The van der Waals surface area contributed by atoms with Crippen LogP contribution in [0.4, 0.5) is 0 Å². The van der Waals surface area contributed by atoms with Crippen molar-refractivity contribution in [1.29, 1.82) is 0 Å². The van der Waals surface area contributed by atoms with Crippen molar-refractivity contribution in [3.8, 4) is 0 Å². The van der Waals surface area contributed by atoms with E-state index in [1.54, 1.807) is 41.1 Å². The molecular formula is C59H97NO14Si. The van der Waals surface area contributed by atoms with E-state index >= 15 is 0 Å². The summed E-state index contributed by atoms with van der Waals surface area (Å²) in [4.78, 5) is 72.7. The zero-order chi connectivity index (χ0) is 56.0. The molecule has 16 heteroatoms. The van der Waals surface area contributed by atoms with Crippen LogP contribution in [0, 0.1) is 35.5 Å². The Balaban J connectivity index is 1.65. The molecular weight excluding hydrogens is 975 g/mol. The van der Waals surface area contributed by atoms with E-state index in [-0.39, 0.29) is 66.0 Å². The Morgan fingerprint density at radius 2 is 1.55 bits per heavy atom. The fourth-order valence-corrected chi connectivity index (χ4v) is 12.0. The Hall–Kier alpha value is -3.19. The van der Waals surface area contributed by atoms with Gasteiger partial charge < -0.3 is 48.0 Å². The van der Waals surface area contributed by atoms with E-state index < -0.39 is 86.1 Å². The van der Waals surface area contributed by atoms with Gasteiger partial charge in [0.1, 0.15) is 30.1 Å². The lowest BCUT2D eigenvalue weighted by Gasteiger charge is -2.42. The van der Waals surface area contributed by atoms with Crippen LogP contribution in [0.3, 0.4) is 0 Å². The lowest BCUT2D eigenvalue weighted by molar-refractivity contribution is -0.265. The summed E-state index contributed by atoms with van der Waals surface area (Å²) in [7, 11) is 2.73. The van der Waals surface area contributed by atoms with Crippen LogP contribution < -0.4 is 0 Å². The average molecular weight is 1070 g/mol. The molecule has 3 heterocycles. The molecule has 0 aromatic rings. The van der Waals surface area contributed by atoms with E-state index in [4.69, 9.17) is 32.8 Å². The van der Waals surface area contributed by atoms with Gasteiger partial charge in [-0.3, -0.25) is 19.2 Å². The van der Waals surface area contributed by atoms with Crippen molar-refractivity contribution in [2.45, 2.75) is 219 Å². The molecule has 1 aliphatic carbocycles. The molecule has 0 radical (unpaired) electrons. The van der Waals surface area contributed by atoms with Gasteiger partial charge in [0.25, 0.3) is 11.7 Å². The van der Waals surface area contributed by atoms with Crippen molar-refractivity contribution in [2.24, 2.45) is 35.5 Å². The van der Waals surface area contributed by atoms with Crippen molar-refractivity contribution >= 4 is 37.5 Å². The Labute approximate surface area is 451 Å². The van der Waals surface area contributed by atoms with E-state index in [9.17, 15) is 34.2 Å². The normalized spacial score (nSPS) is 37.1. The SMILES string of the molecule is CO[C@H]1C[C@@H]2CC[C@@H](C)[C@@](O)(O2)C(=O)C(=O)N2CCCC[C@@H]2C(=O)O[C@H]([C@H](C)C[C@@H]2CC[C@@H](OCCO[Si](C)(C)C(C)(C)C)[C@H](OC)C2)CC(=O)[C@H](C)/C=C(\C)[C@@H](O)[C@@H](OC)C(=O)[C@H](C)C[C@H](C)/C=C/C=C/C=C/1C. The second-order valence-electron chi connectivity index (χ2n) is 24.0. The second-order valence-corrected chi connectivity index (χ2v) is 28.9. The molecule has 4 aliphatic rings. The van der Waals surface area contributed by atoms with Crippen LogP contribution in [0.1, 0.15) is 146 Å². The Bertz CT molecular complexity index is 2030. The fourth-order valence-electron chi connectivity index (χ4n) is 11.0. The van der Waals surface area contributed by atoms with Gasteiger partial charge in [-0.2, -0.15) is 0 Å². The molecule has 0 unspecified atom stereocenters. The molecule has 0 aromatic carbocycles. The largest absolute Gasteiger partial charge is 0.460 e. The number of amides is 1. The third-order valence-corrected chi connectivity index (χ3v) is 21.7. The third-order valence-electron chi connectivity index (χ3n) is 17.1. The van der Waals surface area contributed by atoms with Gasteiger partial charge in [-0.1, -0.05) is 91.8 Å². The summed E-state index contributed by atoms with van der Waals surface area (Å²) in [6.45, 7) is 24.9. The lowest BCUT2D eigenvalue weighted by atomic mass is 9.78. The smallest absolute Gasteiger partial charge is 0.329 e. The van der Waals surface area contributed by atoms with Gasteiger partial charge in [0.15, 0.2) is 14.1 Å². The standard InChI is InChI=1S/C59H97NO14Si/c1-37-21-17-16-18-22-38(2)49(68-11)35-45-26-24-43(7)59(67,74-45)55(64)56(65)60-28-20-19-23-46(60)57(66)73-50(36-47(61)39(3)32-42(6)53(63)54(70-13)52(62)41(5)31-37)40(4)33-44-25-27-48(51(34-44)69-12)71-29-30-72-75(14,15)58(8,9)10/h16-18,21-22,32,37,39-41,43-46,48-51,53-54,63,67H,19-20,23-31,33-36H2,1-15H3/b18-16+,21-17+,38-22+,42-32+/t37-,39-,40-,41-,43-,44+,45+,46-,48-,49+,50+,51-,53-,54+,59-/m1/s1. The van der Waals surface area contributed by atoms with Crippen LogP contribution in [0.25, 0.3) is 0 Å². The molecule has 15 atom stereocenters. The summed E-state index contributed by atoms with van der Waals surface area (Å²) in [5.74, 6) is -7.87. The summed E-state index contributed by atoms with van der Waals surface area (Å²) in [5, 5.41) is 23.7. The number of cyclic esters (lactones) is 1. The zero-order valence-electron chi connectivity index (χ0n) is 48.4. The number of hydrogen-bond acceptors (Lipinski definition) is 14. The van der Waals surface area contributed by atoms with E-state index in [1.807, 2.05) is 58.1 Å². The summed E-state index contributed by atoms with van der Waals surface area (Å²) in [6.07, 6.45) is 12.4. The highest BCUT2D eigenvalue weighted by molar-refractivity contribution is 6.74. The number of methoxy groups -OCH3 is 3. The quantitative estimate of drug-likeness (QED) is 0.0654. The first kappa shape index (κ1) is 64.3. The molecule has 1 saturated carbocycles. The van der Waals surface area contributed by atoms with Crippen LogP contribution in [-0.4, -0.2) is 148 Å². The number of carbonyl (C=O) groups is 5. The van der Waals surface area contributed by atoms with E-state index in [2.05, 4.69) is 33.9 Å². The monoisotopic (exact) mass is 1070 g/mol. The predicted octanol–water partition coefficient (Wildman–Crippen LogP) is 9.23. The molecule has 2 saturated heterocycles. The summed E-state index contributed by atoms with van der Waals surface area (Å²) >= 11 is 0. The maximum Gasteiger partial charge on any atom is 0.329 e. The van der Waals surface area contributed by atoms with Crippen molar-refractivity contribution in [1.82, 2.24) is 4.90 Å². The molecule has 426 valence electrons. The molecule has 4 rings (SSSR count). The molecule has 0 spiro atoms. The number of esters is 1. The minimum Gasteiger partial charge on any atom is -0.460 e. The molecule has 75 heavy (non-hydrogen) atoms. The first-order valence-corrected chi connectivity index (χ1v) is 30.8. The van der Waals surface area contributed by atoms with Crippen LogP contribution in [-0.2, 0) is 56.8 Å². The number of carbonyl (C=O) groups excluding carboxylic acids is 5. The molecule has 2 bridgehead atoms. The number of hydrogen-bond donors (Lipinski definition) is 2. The fraction of sp³-hybridized carbons (Fsp3) is 0.780. The lowest BCUT2D eigenvalue weighted by Crippen LogP contribution is -2.61. The van der Waals surface area contributed by atoms with Crippen molar-refractivity contribution in [2.75, 3.05) is 41.1 Å². The van der Waals surface area contributed by atoms with Gasteiger partial charge in [0, 0.05) is 58.5 Å². The number of piperidine rings is 1. The first-order chi connectivity index (χ1) is 35.2. The molecule has 0 aromatic heterocycles. The summed E-state index contributed by atoms with van der Waals surface area (Å²) in [6, 6.07) is -1.14. The minimum absolute atomic E-state index is 0.0168. The van der Waals surface area contributed by atoms with Crippen LogP contribution in [0.5, 0.6) is 0 Å². The number of aliphatic hydroxyl groups is 2. The summed E-state index contributed by atoms with van der Waals surface area (Å²) in [5.41, 5.74) is 1.28. The van der Waals surface area contributed by atoms with Crippen molar-refractivity contribution in [3.63, 3.8) is 0 Å². The van der Waals surface area contributed by atoms with Crippen molar-refractivity contribution in [3.05, 3.63) is 47.6 Å². The first-order valence-electron chi connectivity index (χ1n) is 27.9. The Morgan fingerprint density at radius 3 is 2.20 bits per heavy atom. The zero-order valence-corrected chi connectivity index (χ0v) is 49.4. The van der Waals surface area contributed by atoms with Crippen LogP contribution in [0.2, 0.25) is 18.1 Å². The second kappa shape index (κ2) is 29.1. The highest BCUT2D eigenvalue weighted by atomic mass is 28.4. The maximum atomic E-state index is 14.6. The van der Waals surface area contributed by atoms with Gasteiger partial charge in [-0.25, -0.2) is 4.79 Å².